The second kappa shape index (κ2) is 28.5. The van der Waals surface area contributed by atoms with E-state index in [4.69, 9.17) is 13.3 Å². The number of rotatable bonds is 8. The van der Waals surface area contributed by atoms with Crippen molar-refractivity contribution in [2.45, 2.75) is 152 Å². The van der Waals surface area contributed by atoms with Crippen molar-refractivity contribution in [3.05, 3.63) is 320 Å². The van der Waals surface area contributed by atoms with Gasteiger partial charge in [0.1, 0.15) is 16.7 Å². The Morgan fingerprint density at radius 1 is 0.239 bits per heavy atom. The summed E-state index contributed by atoms with van der Waals surface area (Å²) in [6.45, 7) is 40.6. The van der Waals surface area contributed by atoms with Crippen molar-refractivity contribution in [3.8, 4) is 0 Å². The third-order valence-electron chi connectivity index (χ3n) is 24.1. The van der Waals surface area contributed by atoms with E-state index in [0.29, 0.717) is 0 Å². The standard InChI is InChI=1S/C66H60N2O2.C23H23NO.C20H16Br2/c1-39-20-12-14-28-52(39)67(54-30-18-24-46-44-22-16-26-50(65(6,7)8)60(44)69-62(46)54)56-38-57(49-35-33-42-37-43(64(3,4)5)36-41-32-34-48(56)59(49)58(41)42)68(53-29-15-13-21-40(53)2)55-31-19-25-47-45-23-17-27-51(66(9,10)11)61(45)70-63(47)55;1-15-9-5-6-13-19(15)24-20-14-8-11-17-16-10-7-12-18(23(2,3)4)21(16)25-22(17)20;1-20(2,3)13-8-11-4-6-14-16(21)10-17(22)15-7-5-12(9-13)18(11)19(14)15/h12-38H,1-11H3;5-14,24H,1-4H3;4-10H,1-3H3. The van der Waals surface area contributed by atoms with Gasteiger partial charge in [-0.3, -0.25) is 0 Å². The number of aryl methyl sites for hydroxylation is 3. The third kappa shape index (κ3) is 13.3. The highest BCUT2D eigenvalue weighted by Gasteiger charge is 2.33. The molecule has 20 aromatic rings. The Hall–Kier alpha value is -11.4. The number of hydrogen-bond acceptors (Lipinski definition) is 6. The van der Waals surface area contributed by atoms with E-state index in [1.54, 1.807) is 0 Å². The van der Waals surface area contributed by atoms with Gasteiger partial charge in [-0.15, -0.1) is 0 Å². The van der Waals surface area contributed by atoms with Crippen molar-refractivity contribution in [1.82, 2.24) is 0 Å². The average Bonchev–Trinajstić information content (AvgIpc) is 0.783. The van der Waals surface area contributed by atoms with Crippen LogP contribution in [0.25, 0.3) is 130 Å². The average molecular weight is 1660 g/mol. The Bertz CT molecular complexity index is 7020. The summed E-state index contributed by atoms with van der Waals surface area (Å²) in [5, 5.41) is 25.5. The number of nitrogens with one attached hydrogen (secondary N) is 1. The van der Waals surface area contributed by atoms with Gasteiger partial charge in [-0.05, 0) is 173 Å². The molecule has 8 heteroatoms. The van der Waals surface area contributed by atoms with Crippen LogP contribution in [0.5, 0.6) is 0 Å². The molecule has 0 saturated carbocycles. The molecule has 0 atom stereocenters. The van der Waals surface area contributed by atoms with Crippen molar-refractivity contribution >= 4 is 208 Å². The SMILES string of the molecule is CC(C)(C)c1cc2ccc3c(Br)cc(Br)c4ccc(c1)c2c34.Cc1ccccc1N(c1cc(N(c2ccccc2C)c2cccc3c2oc2c(C(C)(C)C)cccc23)c2ccc3cc(C(C)(C)C)cc4ccc1c2c43)c1cccc2c1oc1c(C(C)(C)C)cccc12.Cc1ccccc1Nc1cccc2c1oc1c(C(C)(C)C)cccc12. The monoisotopic (exact) mass is 1660 g/mol. The minimum absolute atomic E-state index is 0.0275. The number of benzene rings is 17. The number of nitrogens with zero attached hydrogens (tertiary/aromatic N) is 2. The fraction of sp³-hybridized carbons (Fsp3) is 0.211. The molecular weight excluding hydrogens is 1560 g/mol. The summed E-state index contributed by atoms with van der Waals surface area (Å²) in [5.74, 6) is 0. The molecule has 117 heavy (non-hydrogen) atoms. The lowest BCUT2D eigenvalue weighted by Crippen LogP contribution is -2.16. The van der Waals surface area contributed by atoms with Crippen LogP contribution in [0.2, 0.25) is 0 Å². The van der Waals surface area contributed by atoms with Crippen LogP contribution in [0.3, 0.4) is 0 Å². The first-order valence-corrected chi connectivity index (χ1v) is 42.6. The molecule has 0 spiro atoms. The maximum atomic E-state index is 7.25. The Labute approximate surface area is 703 Å². The molecule has 0 aliphatic heterocycles. The zero-order valence-corrected chi connectivity index (χ0v) is 73.5. The van der Waals surface area contributed by atoms with E-state index in [1.165, 1.54) is 92.6 Å². The number of hydrogen-bond donors (Lipinski definition) is 1. The predicted octanol–water partition coefficient (Wildman–Crippen LogP) is 34.2. The highest BCUT2D eigenvalue weighted by molar-refractivity contribution is 9.11. The maximum absolute atomic E-state index is 7.25. The molecule has 0 saturated heterocycles. The van der Waals surface area contributed by atoms with Gasteiger partial charge >= 0.3 is 0 Å². The van der Waals surface area contributed by atoms with E-state index in [9.17, 15) is 0 Å². The molecule has 0 radical (unpaired) electrons. The van der Waals surface area contributed by atoms with Crippen molar-refractivity contribution in [1.29, 1.82) is 0 Å². The number of anilines is 8. The van der Waals surface area contributed by atoms with Crippen molar-refractivity contribution in [2.75, 3.05) is 15.1 Å². The lowest BCUT2D eigenvalue weighted by Gasteiger charge is -2.33. The van der Waals surface area contributed by atoms with Crippen LogP contribution >= 0.6 is 31.9 Å². The van der Waals surface area contributed by atoms with E-state index in [1.807, 2.05) is 6.07 Å². The molecule has 0 fully saturated rings. The van der Waals surface area contributed by atoms with Crippen molar-refractivity contribution in [3.63, 3.8) is 0 Å². The van der Waals surface area contributed by atoms with Crippen molar-refractivity contribution < 1.29 is 13.3 Å². The minimum Gasteiger partial charge on any atom is -0.454 e. The summed E-state index contributed by atoms with van der Waals surface area (Å²) in [5.41, 5.74) is 23.6. The summed E-state index contributed by atoms with van der Waals surface area (Å²) in [6.07, 6.45) is 0. The first-order valence-electron chi connectivity index (χ1n) is 41.0. The van der Waals surface area contributed by atoms with Crippen LogP contribution in [-0.2, 0) is 27.1 Å². The zero-order chi connectivity index (χ0) is 81.8. The van der Waals surface area contributed by atoms with E-state index < -0.39 is 0 Å². The summed E-state index contributed by atoms with van der Waals surface area (Å²) in [4.78, 5) is 4.94. The molecular formula is C109H99Br2N3O3. The fourth-order valence-electron chi connectivity index (χ4n) is 17.9. The fourth-order valence-corrected chi connectivity index (χ4v) is 19.3. The Morgan fingerprint density at radius 2 is 0.547 bits per heavy atom. The summed E-state index contributed by atoms with van der Waals surface area (Å²) in [6, 6.07) is 97.5. The summed E-state index contributed by atoms with van der Waals surface area (Å²) >= 11 is 7.42. The molecule has 20 rings (SSSR count). The molecule has 0 aliphatic rings. The third-order valence-corrected chi connectivity index (χ3v) is 25.4. The molecule has 0 amide bonds. The number of fused-ring (bicyclic) bond motifs is 9. The molecule has 0 aliphatic carbocycles. The normalized spacial score (nSPS) is 12.6. The lowest BCUT2D eigenvalue weighted by molar-refractivity contribution is 0.572. The molecule has 6 nitrogen and oxygen atoms in total. The highest BCUT2D eigenvalue weighted by atomic mass is 79.9. The van der Waals surface area contributed by atoms with Crippen LogP contribution in [0.4, 0.5) is 45.5 Å². The number of para-hydroxylation sites is 9. The van der Waals surface area contributed by atoms with E-state index in [-0.39, 0.29) is 27.1 Å². The van der Waals surface area contributed by atoms with E-state index >= 15 is 0 Å². The number of halogens is 2. The van der Waals surface area contributed by atoms with E-state index in [2.05, 4.69) is 432 Å². The highest BCUT2D eigenvalue weighted by Crippen LogP contribution is 2.55. The van der Waals surface area contributed by atoms with Crippen LogP contribution in [-0.4, -0.2) is 0 Å². The first kappa shape index (κ1) is 76.8. The maximum Gasteiger partial charge on any atom is 0.159 e. The Kier molecular flexibility index (Phi) is 18.7. The van der Waals surface area contributed by atoms with Gasteiger partial charge in [-0.2, -0.15) is 0 Å². The Balaban J connectivity index is 0.000000162. The molecule has 0 bridgehead atoms. The number of furan rings is 3. The topological polar surface area (TPSA) is 57.9 Å². The molecule has 1 N–H and O–H groups in total. The second-order valence-corrected chi connectivity index (χ2v) is 39.0. The Morgan fingerprint density at radius 3 is 0.923 bits per heavy atom. The van der Waals surface area contributed by atoms with Crippen LogP contribution in [0, 0.1) is 20.8 Å². The van der Waals surface area contributed by atoms with Gasteiger partial charge in [0, 0.05) is 91.2 Å². The first-order chi connectivity index (χ1) is 55.8. The van der Waals surface area contributed by atoms with Gasteiger partial charge in [-0.1, -0.05) is 354 Å². The molecule has 3 aromatic heterocycles. The van der Waals surface area contributed by atoms with Gasteiger partial charge < -0.3 is 28.4 Å². The smallest absolute Gasteiger partial charge is 0.159 e. The minimum atomic E-state index is -0.118. The molecule has 3 heterocycles. The second-order valence-electron chi connectivity index (χ2n) is 37.3. The zero-order valence-electron chi connectivity index (χ0n) is 70.3. The quantitative estimate of drug-likeness (QED) is 0.153. The van der Waals surface area contributed by atoms with Crippen LogP contribution < -0.4 is 15.1 Å². The van der Waals surface area contributed by atoms with Gasteiger partial charge in [0.2, 0.25) is 0 Å². The molecule has 17 aromatic carbocycles. The van der Waals surface area contributed by atoms with Gasteiger partial charge in [0.25, 0.3) is 0 Å². The van der Waals surface area contributed by atoms with Gasteiger partial charge in [0.15, 0.2) is 16.7 Å². The summed E-state index contributed by atoms with van der Waals surface area (Å²) in [7, 11) is 0. The summed E-state index contributed by atoms with van der Waals surface area (Å²) < 4.78 is 23.2. The molecule has 582 valence electrons. The molecule has 0 unspecified atom stereocenters. The van der Waals surface area contributed by atoms with Gasteiger partial charge in [0.05, 0.1) is 28.4 Å². The van der Waals surface area contributed by atoms with Crippen LogP contribution in [0.1, 0.15) is 148 Å². The van der Waals surface area contributed by atoms with Gasteiger partial charge in [-0.25, -0.2) is 0 Å². The lowest BCUT2D eigenvalue weighted by atomic mass is 9.83. The van der Waals surface area contributed by atoms with Crippen molar-refractivity contribution in [2.24, 2.45) is 0 Å². The van der Waals surface area contributed by atoms with E-state index in [0.717, 1.165) is 137 Å². The predicted molar refractivity (Wildman–Crippen MR) is 511 cm³/mol. The van der Waals surface area contributed by atoms with Crippen LogP contribution in [0.15, 0.2) is 289 Å². The largest absolute Gasteiger partial charge is 0.454 e.